The minimum absolute atomic E-state index is 0.144. The summed E-state index contributed by atoms with van der Waals surface area (Å²) in [4.78, 5) is 11.6. The van der Waals surface area contributed by atoms with E-state index < -0.39 is 5.82 Å². The minimum Gasteiger partial charge on any atom is -0.494 e. The highest BCUT2D eigenvalue weighted by Crippen LogP contribution is 2.17. The van der Waals surface area contributed by atoms with Crippen molar-refractivity contribution in [3.05, 3.63) is 29.6 Å². The molecular formula is C12H16FNO2. The largest absolute Gasteiger partial charge is 0.494 e. The summed E-state index contributed by atoms with van der Waals surface area (Å²) in [6.45, 7) is 2.65. The van der Waals surface area contributed by atoms with Gasteiger partial charge in [-0.1, -0.05) is 13.3 Å². The molecule has 0 saturated heterocycles. The van der Waals surface area contributed by atoms with E-state index >= 15 is 0 Å². The Morgan fingerprint density at radius 1 is 1.50 bits per heavy atom. The fourth-order valence-corrected chi connectivity index (χ4v) is 1.29. The van der Waals surface area contributed by atoms with E-state index in [2.05, 4.69) is 5.32 Å². The van der Waals surface area contributed by atoms with Crippen LogP contribution in [0.25, 0.3) is 0 Å². The summed E-state index contributed by atoms with van der Waals surface area (Å²) in [5.74, 6) is -0.634. The first-order chi connectivity index (χ1) is 7.69. The summed E-state index contributed by atoms with van der Waals surface area (Å²) in [7, 11) is 1.39. The summed E-state index contributed by atoms with van der Waals surface area (Å²) < 4.78 is 18.1. The molecule has 1 N–H and O–H groups in total. The topological polar surface area (TPSA) is 38.3 Å². The Kier molecular flexibility index (Phi) is 4.76. The minimum atomic E-state index is -0.523. The number of hydrogen-bond donors (Lipinski definition) is 1. The SMILES string of the molecule is CCCCNC(=O)c1ccc(OC)c(F)c1. The second-order valence-electron chi connectivity index (χ2n) is 3.46. The zero-order valence-electron chi connectivity index (χ0n) is 9.55. The maximum absolute atomic E-state index is 13.3. The number of carbonyl (C=O) groups is 1. The van der Waals surface area contributed by atoms with Crippen molar-refractivity contribution in [1.82, 2.24) is 5.32 Å². The Balaban J connectivity index is 2.66. The van der Waals surface area contributed by atoms with Crippen LogP contribution in [0.5, 0.6) is 5.75 Å². The molecule has 1 aromatic rings. The van der Waals surface area contributed by atoms with Crippen LogP contribution in [0, 0.1) is 5.82 Å². The standard InChI is InChI=1S/C12H16FNO2/c1-3-4-7-14-12(15)9-5-6-11(16-2)10(13)8-9/h5-6,8H,3-4,7H2,1-2H3,(H,14,15). The third-order valence-electron chi connectivity index (χ3n) is 2.23. The first kappa shape index (κ1) is 12.5. The maximum Gasteiger partial charge on any atom is 0.251 e. The van der Waals surface area contributed by atoms with Gasteiger partial charge in [-0.15, -0.1) is 0 Å². The van der Waals surface area contributed by atoms with E-state index in [-0.39, 0.29) is 11.7 Å². The Bertz CT molecular complexity index is 366. The van der Waals surface area contributed by atoms with Crippen molar-refractivity contribution in [1.29, 1.82) is 0 Å². The van der Waals surface area contributed by atoms with Crippen molar-refractivity contribution in [2.45, 2.75) is 19.8 Å². The second-order valence-corrected chi connectivity index (χ2v) is 3.46. The highest BCUT2D eigenvalue weighted by Gasteiger charge is 2.09. The fraction of sp³-hybridized carbons (Fsp3) is 0.417. The van der Waals surface area contributed by atoms with E-state index in [1.807, 2.05) is 6.92 Å². The Morgan fingerprint density at radius 2 is 2.25 bits per heavy atom. The van der Waals surface area contributed by atoms with Crippen LogP contribution in [0.4, 0.5) is 4.39 Å². The van der Waals surface area contributed by atoms with Gasteiger partial charge in [-0.3, -0.25) is 4.79 Å². The first-order valence-corrected chi connectivity index (χ1v) is 5.30. The molecule has 0 fully saturated rings. The summed E-state index contributed by atoms with van der Waals surface area (Å²) in [5, 5.41) is 2.72. The lowest BCUT2D eigenvalue weighted by molar-refractivity contribution is 0.0952. The van der Waals surface area contributed by atoms with Crippen molar-refractivity contribution in [3.63, 3.8) is 0 Å². The Labute approximate surface area is 94.6 Å². The number of nitrogens with one attached hydrogen (secondary N) is 1. The molecule has 0 spiro atoms. The molecule has 0 heterocycles. The van der Waals surface area contributed by atoms with E-state index in [0.29, 0.717) is 12.1 Å². The number of rotatable bonds is 5. The summed E-state index contributed by atoms with van der Waals surface area (Å²) in [5.41, 5.74) is 0.314. The van der Waals surface area contributed by atoms with Gasteiger partial charge in [0.25, 0.3) is 5.91 Å². The molecule has 0 unspecified atom stereocenters. The molecule has 0 saturated carbocycles. The van der Waals surface area contributed by atoms with E-state index in [4.69, 9.17) is 4.74 Å². The number of carbonyl (C=O) groups excluding carboxylic acids is 1. The highest BCUT2D eigenvalue weighted by molar-refractivity contribution is 5.94. The number of hydrogen-bond acceptors (Lipinski definition) is 2. The molecule has 88 valence electrons. The van der Waals surface area contributed by atoms with Gasteiger partial charge in [-0.25, -0.2) is 4.39 Å². The molecule has 1 rings (SSSR count). The molecule has 0 aromatic heterocycles. The van der Waals surface area contributed by atoms with Crippen molar-refractivity contribution in [3.8, 4) is 5.75 Å². The van der Waals surface area contributed by atoms with E-state index in [9.17, 15) is 9.18 Å². The molecule has 0 aliphatic rings. The fourth-order valence-electron chi connectivity index (χ4n) is 1.29. The zero-order chi connectivity index (χ0) is 12.0. The summed E-state index contributed by atoms with van der Waals surface area (Å²) >= 11 is 0. The second kappa shape index (κ2) is 6.10. The van der Waals surface area contributed by atoms with Gasteiger partial charge >= 0.3 is 0 Å². The normalized spacial score (nSPS) is 9.94. The van der Waals surface area contributed by atoms with Gasteiger partial charge in [-0.05, 0) is 24.6 Å². The molecule has 16 heavy (non-hydrogen) atoms. The Hall–Kier alpha value is -1.58. The molecule has 4 heteroatoms. The van der Waals surface area contributed by atoms with Crippen LogP contribution in [0.2, 0.25) is 0 Å². The number of benzene rings is 1. The first-order valence-electron chi connectivity index (χ1n) is 5.30. The van der Waals surface area contributed by atoms with Gasteiger partial charge in [0, 0.05) is 12.1 Å². The van der Waals surface area contributed by atoms with Gasteiger partial charge in [-0.2, -0.15) is 0 Å². The molecular weight excluding hydrogens is 209 g/mol. The van der Waals surface area contributed by atoms with E-state index in [1.165, 1.54) is 19.2 Å². The van der Waals surface area contributed by atoms with Crippen LogP contribution in [0.3, 0.4) is 0 Å². The van der Waals surface area contributed by atoms with Gasteiger partial charge in [0.1, 0.15) is 0 Å². The van der Waals surface area contributed by atoms with Crippen molar-refractivity contribution < 1.29 is 13.9 Å². The van der Waals surface area contributed by atoms with Crippen LogP contribution in [0.1, 0.15) is 30.1 Å². The van der Waals surface area contributed by atoms with Crippen LogP contribution in [-0.2, 0) is 0 Å². The predicted octanol–water partition coefficient (Wildman–Crippen LogP) is 2.36. The average molecular weight is 225 g/mol. The maximum atomic E-state index is 13.3. The van der Waals surface area contributed by atoms with Crippen LogP contribution in [0.15, 0.2) is 18.2 Å². The number of amides is 1. The monoisotopic (exact) mass is 225 g/mol. The lowest BCUT2D eigenvalue weighted by atomic mass is 10.2. The summed E-state index contributed by atoms with van der Waals surface area (Å²) in [6.07, 6.45) is 1.93. The molecule has 0 bridgehead atoms. The molecule has 1 aromatic carbocycles. The van der Waals surface area contributed by atoms with Gasteiger partial charge in [0.15, 0.2) is 11.6 Å². The Morgan fingerprint density at radius 3 is 2.81 bits per heavy atom. The highest BCUT2D eigenvalue weighted by atomic mass is 19.1. The van der Waals surface area contributed by atoms with Gasteiger partial charge < -0.3 is 10.1 Å². The van der Waals surface area contributed by atoms with Crippen LogP contribution in [-0.4, -0.2) is 19.6 Å². The predicted molar refractivity (Wildman–Crippen MR) is 60.2 cm³/mol. The van der Waals surface area contributed by atoms with Gasteiger partial charge in [0.2, 0.25) is 0 Å². The zero-order valence-corrected chi connectivity index (χ0v) is 9.55. The molecule has 3 nitrogen and oxygen atoms in total. The lowest BCUT2D eigenvalue weighted by Gasteiger charge is -2.06. The number of unbranched alkanes of at least 4 members (excludes halogenated alkanes) is 1. The van der Waals surface area contributed by atoms with E-state index in [1.54, 1.807) is 6.07 Å². The molecule has 0 aliphatic heterocycles. The lowest BCUT2D eigenvalue weighted by Crippen LogP contribution is -2.24. The van der Waals surface area contributed by atoms with Crippen LogP contribution >= 0.6 is 0 Å². The number of ether oxygens (including phenoxy) is 1. The summed E-state index contributed by atoms with van der Waals surface area (Å²) in [6, 6.07) is 4.17. The van der Waals surface area contributed by atoms with Gasteiger partial charge in [0.05, 0.1) is 7.11 Å². The smallest absolute Gasteiger partial charge is 0.251 e. The molecule has 0 atom stereocenters. The molecule has 0 aliphatic carbocycles. The third-order valence-corrected chi connectivity index (χ3v) is 2.23. The quantitative estimate of drug-likeness (QED) is 0.781. The van der Waals surface area contributed by atoms with Crippen molar-refractivity contribution >= 4 is 5.91 Å². The van der Waals surface area contributed by atoms with E-state index in [0.717, 1.165) is 12.8 Å². The number of methoxy groups -OCH3 is 1. The number of halogens is 1. The molecule has 1 amide bonds. The van der Waals surface area contributed by atoms with Crippen molar-refractivity contribution in [2.24, 2.45) is 0 Å². The average Bonchev–Trinajstić information content (AvgIpc) is 2.29. The molecule has 0 radical (unpaired) electrons. The van der Waals surface area contributed by atoms with Crippen molar-refractivity contribution in [2.75, 3.05) is 13.7 Å². The third kappa shape index (κ3) is 3.22. The van der Waals surface area contributed by atoms with Crippen LogP contribution < -0.4 is 10.1 Å².